The summed E-state index contributed by atoms with van der Waals surface area (Å²) in [6.45, 7) is 0. The van der Waals surface area contributed by atoms with Gasteiger partial charge in [0.15, 0.2) is 0 Å². The van der Waals surface area contributed by atoms with Crippen molar-refractivity contribution in [1.82, 2.24) is 9.97 Å². The fourth-order valence-corrected chi connectivity index (χ4v) is 1.14. The van der Waals surface area contributed by atoms with E-state index >= 15 is 0 Å². The van der Waals surface area contributed by atoms with Crippen LogP contribution in [-0.4, -0.2) is 21.0 Å². The number of nitrogens with one attached hydrogen (secondary N) is 1. The predicted octanol–water partition coefficient (Wildman–Crippen LogP) is -1.62. The number of carboxylic acid groups (broad SMARTS) is 1. The van der Waals surface area contributed by atoms with Crippen molar-refractivity contribution < 1.29 is 40.9 Å². The number of benzene rings is 1. The number of imidazole rings is 1. The van der Waals surface area contributed by atoms with Crippen LogP contribution < -0.4 is 29.6 Å². The topological polar surface area (TPSA) is 66.0 Å². The van der Waals surface area contributed by atoms with Gasteiger partial charge in [-0.15, -0.1) is 0 Å². The average Bonchev–Trinajstić information content (AvgIpc) is 2.49. The first-order valence-corrected chi connectivity index (χ1v) is 3.44. The molecule has 0 bridgehead atoms. The van der Waals surface area contributed by atoms with Gasteiger partial charge in [-0.25, -0.2) is 9.78 Å². The molecule has 1 aromatic heterocycles. The summed E-state index contributed by atoms with van der Waals surface area (Å²) in [7, 11) is 0. The van der Waals surface area contributed by atoms with Crippen LogP contribution in [0.2, 0.25) is 0 Å². The minimum Gasteiger partial charge on any atom is -1.00 e. The number of aromatic nitrogens is 2. The van der Waals surface area contributed by atoms with Crippen molar-refractivity contribution in [3.63, 3.8) is 0 Å². The summed E-state index contributed by atoms with van der Waals surface area (Å²) < 4.78 is 0. The molecule has 4 nitrogen and oxygen atoms in total. The van der Waals surface area contributed by atoms with E-state index in [2.05, 4.69) is 9.97 Å². The van der Waals surface area contributed by atoms with Crippen molar-refractivity contribution in [2.75, 3.05) is 0 Å². The Bertz CT molecular complexity index is 444. The summed E-state index contributed by atoms with van der Waals surface area (Å²) in [5, 5.41) is 8.75. The van der Waals surface area contributed by atoms with E-state index in [0.29, 0.717) is 5.52 Å². The second-order valence-electron chi connectivity index (χ2n) is 2.41. The first kappa shape index (κ1) is 10.2. The number of aromatic amines is 1. The Kier molecular flexibility index (Phi) is 3.08. The predicted molar refractivity (Wildman–Crippen MR) is 44.2 cm³/mol. The molecule has 0 spiro atoms. The zero-order valence-corrected chi connectivity index (χ0v) is 9.11. The minimum atomic E-state index is -0.951. The molecule has 0 amide bonds. The van der Waals surface area contributed by atoms with Gasteiger partial charge in [-0.05, 0) is 12.1 Å². The third kappa shape index (κ3) is 1.75. The fourth-order valence-electron chi connectivity index (χ4n) is 1.14. The molecule has 0 fully saturated rings. The number of aromatic carboxylic acids is 1. The van der Waals surface area contributed by atoms with E-state index in [1.165, 1.54) is 12.4 Å². The van der Waals surface area contributed by atoms with Gasteiger partial charge in [0.1, 0.15) is 5.52 Å². The van der Waals surface area contributed by atoms with Gasteiger partial charge in [-0.1, -0.05) is 6.07 Å². The van der Waals surface area contributed by atoms with Crippen LogP contribution in [0.15, 0.2) is 24.5 Å². The third-order valence-electron chi connectivity index (χ3n) is 1.68. The molecule has 5 heteroatoms. The maximum atomic E-state index is 10.7. The molecule has 1 aromatic carbocycles. The Morgan fingerprint density at radius 3 is 3.00 bits per heavy atom. The van der Waals surface area contributed by atoms with E-state index in [1.54, 1.807) is 12.1 Å². The van der Waals surface area contributed by atoms with Crippen LogP contribution in [0, 0.1) is 0 Å². The number of H-pyrrole nitrogens is 1. The van der Waals surface area contributed by atoms with Crippen LogP contribution in [0.1, 0.15) is 11.8 Å². The minimum absolute atomic E-state index is 0. The van der Waals surface area contributed by atoms with Gasteiger partial charge in [0.2, 0.25) is 0 Å². The summed E-state index contributed by atoms with van der Waals surface area (Å²) in [5.41, 5.74) is 1.48. The SMILES string of the molecule is O=C(O)c1cccc2[nH]cnc12.[H-].[Na+]. The van der Waals surface area contributed by atoms with Crippen molar-refractivity contribution in [1.29, 1.82) is 0 Å². The molecule has 0 unspecified atom stereocenters. The molecule has 2 N–H and O–H groups in total. The van der Waals surface area contributed by atoms with Gasteiger partial charge >= 0.3 is 35.5 Å². The largest absolute Gasteiger partial charge is 1.00 e. The van der Waals surface area contributed by atoms with Crippen LogP contribution in [0.4, 0.5) is 0 Å². The van der Waals surface area contributed by atoms with E-state index in [9.17, 15) is 4.79 Å². The number of hydrogen-bond donors (Lipinski definition) is 2. The molecule has 13 heavy (non-hydrogen) atoms. The van der Waals surface area contributed by atoms with Gasteiger partial charge in [-0.2, -0.15) is 0 Å². The van der Waals surface area contributed by atoms with Crippen LogP contribution in [0.5, 0.6) is 0 Å². The van der Waals surface area contributed by atoms with Crippen LogP contribution >= 0.6 is 0 Å². The molecule has 0 atom stereocenters. The third-order valence-corrected chi connectivity index (χ3v) is 1.68. The van der Waals surface area contributed by atoms with Gasteiger partial charge in [0, 0.05) is 0 Å². The van der Waals surface area contributed by atoms with Crippen molar-refractivity contribution in [2.24, 2.45) is 0 Å². The Morgan fingerprint density at radius 1 is 1.54 bits per heavy atom. The zero-order valence-electron chi connectivity index (χ0n) is 8.11. The first-order chi connectivity index (χ1) is 5.79. The van der Waals surface area contributed by atoms with Gasteiger partial charge < -0.3 is 11.5 Å². The monoisotopic (exact) mass is 186 g/mol. The molecule has 0 aliphatic carbocycles. The number of para-hydroxylation sites is 1. The van der Waals surface area contributed by atoms with E-state index in [1.807, 2.05) is 0 Å². The maximum absolute atomic E-state index is 10.7. The van der Waals surface area contributed by atoms with E-state index < -0.39 is 5.97 Å². The number of carbonyl (C=O) groups is 1. The molecule has 0 saturated carbocycles. The molecule has 0 radical (unpaired) electrons. The molecule has 62 valence electrons. The quantitative estimate of drug-likeness (QED) is 0.526. The van der Waals surface area contributed by atoms with Gasteiger partial charge in [-0.3, -0.25) is 0 Å². The van der Waals surface area contributed by atoms with Crippen molar-refractivity contribution in [3.05, 3.63) is 30.1 Å². The zero-order chi connectivity index (χ0) is 8.55. The van der Waals surface area contributed by atoms with Crippen molar-refractivity contribution >= 4 is 17.0 Å². The van der Waals surface area contributed by atoms with Crippen LogP contribution in [-0.2, 0) is 0 Å². The summed E-state index contributed by atoms with van der Waals surface area (Å²) in [6.07, 6.45) is 1.48. The molecule has 0 saturated heterocycles. The smallest absolute Gasteiger partial charge is 1.00 e. The number of hydrogen-bond acceptors (Lipinski definition) is 2. The van der Waals surface area contributed by atoms with E-state index in [0.717, 1.165) is 5.52 Å². The van der Waals surface area contributed by atoms with Crippen LogP contribution in [0.25, 0.3) is 11.0 Å². The Morgan fingerprint density at radius 2 is 2.31 bits per heavy atom. The number of rotatable bonds is 1. The first-order valence-electron chi connectivity index (χ1n) is 3.44. The second kappa shape index (κ2) is 3.91. The van der Waals surface area contributed by atoms with E-state index in [-0.39, 0.29) is 36.5 Å². The average molecular weight is 186 g/mol. The van der Waals surface area contributed by atoms with E-state index in [4.69, 9.17) is 5.11 Å². The second-order valence-corrected chi connectivity index (χ2v) is 2.41. The molecule has 0 aliphatic heterocycles. The number of fused-ring (bicyclic) bond motifs is 1. The molecular weight excluding hydrogens is 179 g/mol. The molecular formula is C8H7N2NaO2. The molecule has 2 aromatic rings. The molecule has 0 aliphatic rings. The number of carboxylic acids is 1. The van der Waals surface area contributed by atoms with Crippen LogP contribution in [0.3, 0.4) is 0 Å². The van der Waals surface area contributed by atoms with Gasteiger partial charge in [0.25, 0.3) is 0 Å². The summed E-state index contributed by atoms with van der Waals surface area (Å²) in [6, 6.07) is 5.00. The van der Waals surface area contributed by atoms with Gasteiger partial charge in [0.05, 0.1) is 17.4 Å². The maximum Gasteiger partial charge on any atom is 1.00 e. The Hall–Kier alpha value is -0.840. The summed E-state index contributed by atoms with van der Waals surface area (Å²) >= 11 is 0. The molecule has 2 rings (SSSR count). The molecule has 1 heterocycles. The summed E-state index contributed by atoms with van der Waals surface area (Å²) in [5.74, 6) is -0.951. The fraction of sp³-hybridized carbons (Fsp3) is 0. The normalized spacial score (nSPS) is 9.54. The number of nitrogens with zero attached hydrogens (tertiary/aromatic N) is 1. The van der Waals surface area contributed by atoms with Crippen molar-refractivity contribution in [2.45, 2.75) is 0 Å². The standard InChI is InChI=1S/C8H6N2O2.Na.H/c11-8(12)5-2-1-3-6-7(5)10-4-9-6;;/h1-4H,(H,9,10)(H,11,12);;/q;+1;-1. The Labute approximate surface area is 97.8 Å². The Balaban J connectivity index is 0.000000845. The summed E-state index contributed by atoms with van der Waals surface area (Å²) in [4.78, 5) is 17.4. The van der Waals surface area contributed by atoms with Crippen molar-refractivity contribution in [3.8, 4) is 0 Å².